The summed E-state index contributed by atoms with van der Waals surface area (Å²) in [6, 6.07) is 3.81. The van der Waals surface area contributed by atoms with Crippen LogP contribution in [0.4, 0.5) is 5.69 Å². The van der Waals surface area contributed by atoms with Crippen molar-refractivity contribution in [1.29, 1.82) is 0 Å². The van der Waals surface area contributed by atoms with Crippen LogP contribution in [0.1, 0.15) is 6.42 Å². The number of nitrogens with one attached hydrogen (secondary N) is 1. The molecule has 1 unspecified atom stereocenters. The number of non-ortho nitro benzene ring substituents is 1. The maximum absolute atomic E-state index is 13.0. The summed E-state index contributed by atoms with van der Waals surface area (Å²) in [4.78, 5) is 12.6. The van der Waals surface area contributed by atoms with Crippen LogP contribution >= 0.6 is 12.4 Å². The zero-order chi connectivity index (χ0) is 18.0. The third kappa shape index (κ3) is 4.09. The third-order valence-electron chi connectivity index (χ3n) is 4.77. The number of rotatable bonds is 5. The first-order valence-electron chi connectivity index (χ1n) is 8.21. The van der Waals surface area contributed by atoms with Crippen molar-refractivity contribution in [2.24, 2.45) is 0 Å². The van der Waals surface area contributed by atoms with Crippen molar-refractivity contribution >= 4 is 28.1 Å². The molecule has 0 saturated carbocycles. The third-order valence-corrected chi connectivity index (χ3v) is 6.67. The summed E-state index contributed by atoms with van der Waals surface area (Å²) >= 11 is 0. The number of nitro groups is 1. The lowest BCUT2D eigenvalue weighted by Gasteiger charge is -2.32. The Morgan fingerprint density at radius 1 is 1.27 bits per heavy atom. The molecule has 0 amide bonds. The molecule has 11 heteroatoms. The van der Waals surface area contributed by atoms with Crippen LogP contribution in [0.25, 0.3) is 0 Å². The Morgan fingerprint density at radius 2 is 1.96 bits per heavy atom. The molecule has 2 saturated heterocycles. The molecule has 2 fully saturated rings. The molecule has 2 aliphatic heterocycles. The SMILES string of the molecule is COc1cc([N+](=O)[O-])ccc1S(=O)(=O)N1CCC(N2CCNCC2)C1.Cl. The van der Waals surface area contributed by atoms with Gasteiger partial charge in [-0.3, -0.25) is 15.0 Å². The molecule has 3 rings (SSSR count). The minimum absolute atomic E-state index is 0. The summed E-state index contributed by atoms with van der Waals surface area (Å²) < 4.78 is 32.5. The number of benzene rings is 1. The van der Waals surface area contributed by atoms with Gasteiger partial charge in [0.25, 0.3) is 5.69 Å². The Balaban J connectivity index is 0.00000243. The van der Waals surface area contributed by atoms with E-state index in [-0.39, 0.29) is 34.8 Å². The fourth-order valence-electron chi connectivity index (χ4n) is 3.40. The van der Waals surface area contributed by atoms with Crippen molar-refractivity contribution in [2.45, 2.75) is 17.4 Å². The molecule has 1 atom stereocenters. The van der Waals surface area contributed by atoms with Crippen molar-refractivity contribution in [2.75, 3.05) is 46.4 Å². The molecule has 0 aliphatic carbocycles. The summed E-state index contributed by atoms with van der Waals surface area (Å²) in [6.45, 7) is 4.54. The van der Waals surface area contributed by atoms with E-state index in [4.69, 9.17) is 4.74 Å². The number of ether oxygens (including phenoxy) is 1. The Hall–Kier alpha value is -1.46. The van der Waals surface area contributed by atoms with Gasteiger partial charge in [0.15, 0.2) is 0 Å². The van der Waals surface area contributed by atoms with Crippen molar-refractivity contribution < 1.29 is 18.1 Å². The van der Waals surface area contributed by atoms with Crippen LogP contribution < -0.4 is 10.1 Å². The summed E-state index contributed by atoms with van der Waals surface area (Å²) in [6.07, 6.45) is 0.786. The number of nitro benzene ring substituents is 1. The van der Waals surface area contributed by atoms with E-state index in [1.807, 2.05) is 0 Å². The van der Waals surface area contributed by atoms with Crippen LogP contribution in [0.3, 0.4) is 0 Å². The van der Waals surface area contributed by atoms with Gasteiger partial charge in [-0.2, -0.15) is 4.31 Å². The van der Waals surface area contributed by atoms with E-state index in [1.165, 1.54) is 23.5 Å². The number of piperazine rings is 1. The highest BCUT2D eigenvalue weighted by Gasteiger charge is 2.37. The van der Waals surface area contributed by atoms with Crippen molar-refractivity contribution in [3.05, 3.63) is 28.3 Å². The average molecular weight is 407 g/mol. The van der Waals surface area contributed by atoms with Gasteiger partial charge >= 0.3 is 0 Å². The molecule has 2 heterocycles. The fourth-order valence-corrected chi connectivity index (χ4v) is 5.03. The highest BCUT2D eigenvalue weighted by atomic mass is 35.5. The predicted molar refractivity (Wildman–Crippen MR) is 98.5 cm³/mol. The topological polar surface area (TPSA) is 105 Å². The molecule has 146 valence electrons. The van der Waals surface area contributed by atoms with Gasteiger partial charge in [-0.25, -0.2) is 8.42 Å². The van der Waals surface area contributed by atoms with E-state index in [1.54, 1.807) is 0 Å². The van der Waals surface area contributed by atoms with E-state index in [0.29, 0.717) is 13.1 Å². The summed E-state index contributed by atoms with van der Waals surface area (Å²) in [5.74, 6) is -0.000164. The first-order chi connectivity index (χ1) is 11.9. The van der Waals surface area contributed by atoms with Crippen molar-refractivity contribution in [3.63, 3.8) is 0 Å². The molecule has 2 aliphatic rings. The molecular formula is C15H23ClN4O5S. The van der Waals surface area contributed by atoms with Gasteiger partial charge in [-0.1, -0.05) is 0 Å². The monoisotopic (exact) mass is 406 g/mol. The largest absolute Gasteiger partial charge is 0.495 e. The van der Waals surface area contributed by atoms with Crippen molar-refractivity contribution in [3.8, 4) is 5.75 Å². The Morgan fingerprint density at radius 3 is 2.58 bits per heavy atom. The van der Waals surface area contributed by atoms with E-state index in [0.717, 1.165) is 38.7 Å². The summed E-state index contributed by atoms with van der Waals surface area (Å²) in [5.41, 5.74) is -0.198. The van der Waals surface area contributed by atoms with E-state index in [9.17, 15) is 18.5 Å². The van der Waals surface area contributed by atoms with Crippen molar-refractivity contribution in [1.82, 2.24) is 14.5 Å². The van der Waals surface area contributed by atoms with Gasteiger partial charge in [0.1, 0.15) is 10.6 Å². The van der Waals surface area contributed by atoms with E-state index >= 15 is 0 Å². The second kappa shape index (κ2) is 8.49. The number of nitrogens with zero attached hydrogens (tertiary/aromatic N) is 3. The predicted octanol–water partition coefficient (Wildman–Crippen LogP) is 0.693. The second-order valence-electron chi connectivity index (χ2n) is 6.18. The quantitative estimate of drug-likeness (QED) is 0.566. The lowest BCUT2D eigenvalue weighted by atomic mass is 10.2. The van der Waals surface area contributed by atoms with Crippen LogP contribution in [0.15, 0.2) is 23.1 Å². The minimum atomic E-state index is -3.75. The Labute approximate surface area is 158 Å². The molecule has 1 N–H and O–H groups in total. The fraction of sp³-hybridized carbons (Fsp3) is 0.600. The minimum Gasteiger partial charge on any atom is -0.495 e. The van der Waals surface area contributed by atoms with Gasteiger partial charge in [0.2, 0.25) is 10.0 Å². The number of hydrogen-bond donors (Lipinski definition) is 1. The Kier molecular flexibility index (Phi) is 6.80. The first kappa shape index (κ1) is 20.8. The molecule has 0 aromatic heterocycles. The second-order valence-corrected chi connectivity index (χ2v) is 8.09. The lowest BCUT2D eigenvalue weighted by molar-refractivity contribution is -0.385. The van der Waals surface area contributed by atoms with E-state index < -0.39 is 14.9 Å². The van der Waals surface area contributed by atoms with Crippen LogP contribution in [-0.2, 0) is 10.0 Å². The van der Waals surface area contributed by atoms with E-state index in [2.05, 4.69) is 10.2 Å². The maximum atomic E-state index is 13.0. The van der Waals surface area contributed by atoms with Gasteiger partial charge < -0.3 is 10.1 Å². The summed E-state index contributed by atoms with van der Waals surface area (Å²) in [5, 5.41) is 14.2. The van der Waals surface area contributed by atoms with Gasteiger partial charge in [0, 0.05) is 51.4 Å². The number of halogens is 1. The maximum Gasteiger partial charge on any atom is 0.273 e. The first-order valence-corrected chi connectivity index (χ1v) is 9.65. The number of methoxy groups -OCH3 is 1. The molecule has 0 bridgehead atoms. The molecule has 0 spiro atoms. The highest BCUT2D eigenvalue weighted by molar-refractivity contribution is 7.89. The van der Waals surface area contributed by atoms with Crippen LogP contribution in [0.5, 0.6) is 5.75 Å². The Bertz CT molecular complexity index is 754. The molecule has 26 heavy (non-hydrogen) atoms. The smallest absolute Gasteiger partial charge is 0.273 e. The van der Waals surface area contributed by atoms with Crippen LogP contribution in [-0.4, -0.2) is 75.0 Å². The normalized spacial score (nSPS) is 22.0. The highest BCUT2D eigenvalue weighted by Crippen LogP contribution is 2.32. The molecule has 1 aromatic rings. The van der Waals surface area contributed by atoms with Crippen LogP contribution in [0, 0.1) is 10.1 Å². The number of sulfonamides is 1. The zero-order valence-corrected chi connectivity index (χ0v) is 16.1. The average Bonchev–Trinajstić information content (AvgIpc) is 3.13. The molecular weight excluding hydrogens is 384 g/mol. The van der Waals surface area contributed by atoms with Gasteiger partial charge in [0.05, 0.1) is 18.1 Å². The number of hydrogen-bond acceptors (Lipinski definition) is 7. The standard InChI is InChI=1S/C15H22N4O5S.ClH/c1-24-14-10-12(19(20)21)2-3-15(14)25(22,23)18-7-4-13(11-18)17-8-5-16-6-9-17;/h2-3,10,13,16H,4-9,11H2,1H3;1H. The molecule has 1 aromatic carbocycles. The molecule has 0 radical (unpaired) electrons. The van der Waals surface area contributed by atoms with Crippen LogP contribution in [0.2, 0.25) is 0 Å². The zero-order valence-electron chi connectivity index (χ0n) is 14.5. The van der Waals surface area contributed by atoms with Gasteiger partial charge in [-0.15, -0.1) is 12.4 Å². The summed E-state index contributed by atoms with van der Waals surface area (Å²) in [7, 11) is -2.44. The lowest BCUT2D eigenvalue weighted by Crippen LogP contribution is -2.49. The van der Waals surface area contributed by atoms with Gasteiger partial charge in [-0.05, 0) is 12.5 Å². The molecule has 9 nitrogen and oxygen atoms in total.